The highest BCUT2D eigenvalue weighted by Crippen LogP contribution is 2.18. The van der Waals surface area contributed by atoms with Gasteiger partial charge in [-0.25, -0.2) is 0 Å². The van der Waals surface area contributed by atoms with E-state index < -0.39 is 0 Å². The quantitative estimate of drug-likeness (QED) is 0.657. The van der Waals surface area contributed by atoms with Crippen LogP contribution in [0.1, 0.15) is 39.5 Å². The summed E-state index contributed by atoms with van der Waals surface area (Å²) in [5.74, 6) is -0.0871. The second-order valence-electron chi connectivity index (χ2n) is 4.19. The molecule has 3 heteroatoms. The van der Waals surface area contributed by atoms with Crippen LogP contribution in [-0.2, 0) is 4.79 Å². The van der Waals surface area contributed by atoms with Crippen molar-refractivity contribution in [2.24, 2.45) is 0 Å². The van der Waals surface area contributed by atoms with Crippen molar-refractivity contribution in [2.75, 3.05) is 0 Å². The Morgan fingerprint density at radius 2 is 2.00 bits per heavy atom. The lowest BCUT2D eigenvalue weighted by Crippen LogP contribution is -2.44. The molecule has 1 aliphatic carbocycles. The van der Waals surface area contributed by atoms with Gasteiger partial charge >= 0.3 is 0 Å². The van der Waals surface area contributed by atoms with Gasteiger partial charge < -0.3 is 10.4 Å². The molecule has 1 rings (SSSR count). The number of aliphatic hydroxyl groups is 1. The third-order valence-electron chi connectivity index (χ3n) is 2.48. The Kier molecular flexibility index (Phi) is 4.14. The number of allylic oxidation sites excluding steroid dienone is 1. The molecule has 3 nitrogen and oxygen atoms in total. The normalized spacial score (nSPS) is 26.8. The molecule has 1 aliphatic rings. The van der Waals surface area contributed by atoms with E-state index in [4.69, 9.17) is 0 Å². The van der Waals surface area contributed by atoms with Gasteiger partial charge in [0.1, 0.15) is 0 Å². The standard InChI is InChI=1S/C11H19NO2/c1-8(2)7-11(14)12-9-5-3-4-6-10(9)13/h7,9-10,13H,3-6H2,1-2H3,(H,12,14)/t9-,10-/m1/s1. The molecular formula is C11H19NO2. The van der Waals surface area contributed by atoms with E-state index in [2.05, 4.69) is 5.32 Å². The fraction of sp³-hybridized carbons (Fsp3) is 0.727. The summed E-state index contributed by atoms with van der Waals surface area (Å²) in [6.45, 7) is 3.77. The molecule has 0 unspecified atom stereocenters. The van der Waals surface area contributed by atoms with Crippen LogP contribution in [-0.4, -0.2) is 23.2 Å². The summed E-state index contributed by atoms with van der Waals surface area (Å²) in [5.41, 5.74) is 0.979. The van der Waals surface area contributed by atoms with Gasteiger partial charge in [-0.05, 0) is 26.7 Å². The highest BCUT2D eigenvalue weighted by Gasteiger charge is 2.23. The number of hydrogen-bond donors (Lipinski definition) is 2. The number of aliphatic hydroxyl groups excluding tert-OH is 1. The van der Waals surface area contributed by atoms with Gasteiger partial charge in [-0.3, -0.25) is 4.79 Å². The van der Waals surface area contributed by atoms with Crippen LogP contribution in [0.15, 0.2) is 11.6 Å². The van der Waals surface area contributed by atoms with Crippen molar-refractivity contribution in [2.45, 2.75) is 51.7 Å². The smallest absolute Gasteiger partial charge is 0.244 e. The van der Waals surface area contributed by atoms with Crippen LogP contribution in [0.5, 0.6) is 0 Å². The number of amides is 1. The highest BCUT2D eigenvalue weighted by molar-refractivity contribution is 5.88. The predicted molar refractivity (Wildman–Crippen MR) is 55.8 cm³/mol. The minimum atomic E-state index is -0.363. The Balaban J connectivity index is 2.42. The summed E-state index contributed by atoms with van der Waals surface area (Å²) in [5, 5.41) is 12.5. The summed E-state index contributed by atoms with van der Waals surface area (Å²) < 4.78 is 0. The fourth-order valence-electron chi connectivity index (χ4n) is 1.77. The Labute approximate surface area is 85.2 Å². The molecule has 1 fully saturated rings. The van der Waals surface area contributed by atoms with Gasteiger partial charge in [-0.15, -0.1) is 0 Å². The van der Waals surface area contributed by atoms with E-state index in [1.165, 1.54) is 0 Å². The Bertz CT molecular complexity index is 231. The van der Waals surface area contributed by atoms with Gasteiger partial charge in [-0.2, -0.15) is 0 Å². The molecule has 14 heavy (non-hydrogen) atoms. The van der Waals surface area contributed by atoms with E-state index in [9.17, 15) is 9.90 Å². The molecule has 2 atom stereocenters. The van der Waals surface area contributed by atoms with Gasteiger partial charge in [0.2, 0.25) is 5.91 Å². The maximum Gasteiger partial charge on any atom is 0.244 e. The molecule has 1 amide bonds. The van der Waals surface area contributed by atoms with E-state index in [-0.39, 0.29) is 18.1 Å². The van der Waals surface area contributed by atoms with Crippen molar-refractivity contribution in [3.63, 3.8) is 0 Å². The first-order valence-corrected chi connectivity index (χ1v) is 5.23. The molecule has 0 aromatic rings. The lowest BCUT2D eigenvalue weighted by molar-refractivity contribution is -0.118. The molecule has 0 bridgehead atoms. The minimum absolute atomic E-state index is 0.0492. The summed E-state index contributed by atoms with van der Waals surface area (Å²) in [7, 11) is 0. The van der Waals surface area contributed by atoms with E-state index in [1.807, 2.05) is 13.8 Å². The van der Waals surface area contributed by atoms with Crippen LogP contribution in [0.25, 0.3) is 0 Å². The molecule has 0 aromatic carbocycles. The monoisotopic (exact) mass is 197 g/mol. The molecule has 0 radical (unpaired) electrons. The minimum Gasteiger partial charge on any atom is -0.391 e. The number of carbonyl (C=O) groups excluding carboxylic acids is 1. The number of carbonyl (C=O) groups is 1. The molecule has 2 N–H and O–H groups in total. The zero-order valence-corrected chi connectivity index (χ0v) is 8.92. The third-order valence-corrected chi connectivity index (χ3v) is 2.48. The fourth-order valence-corrected chi connectivity index (χ4v) is 1.77. The van der Waals surface area contributed by atoms with Crippen molar-refractivity contribution >= 4 is 5.91 Å². The van der Waals surface area contributed by atoms with Crippen molar-refractivity contribution in [1.29, 1.82) is 0 Å². The first kappa shape index (κ1) is 11.2. The number of nitrogens with one attached hydrogen (secondary N) is 1. The molecule has 0 saturated heterocycles. The van der Waals surface area contributed by atoms with Crippen LogP contribution < -0.4 is 5.32 Å². The summed E-state index contributed by atoms with van der Waals surface area (Å²) >= 11 is 0. The molecular weight excluding hydrogens is 178 g/mol. The topological polar surface area (TPSA) is 49.3 Å². The van der Waals surface area contributed by atoms with Crippen LogP contribution >= 0.6 is 0 Å². The van der Waals surface area contributed by atoms with E-state index in [0.717, 1.165) is 31.3 Å². The van der Waals surface area contributed by atoms with Crippen LogP contribution in [0.3, 0.4) is 0 Å². The third kappa shape index (κ3) is 3.50. The van der Waals surface area contributed by atoms with Crippen molar-refractivity contribution in [3.05, 3.63) is 11.6 Å². The van der Waals surface area contributed by atoms with Gasteiger partial charge in [0, 0.05) is 6.08 Å². The van der Waals surface area contributed by atoms with Gasteiger partial charge in [-0.1, -0.05) is 18.4 Å². The first-order valence-electron chi connectivity index (χ1n) is 5.23. The van der Waals surface area contributed by atoms with E-state index in [1.54, 1.807) is 6.08 Å². The zero-order chi connectivity index (χ0) is 10.6. The van der Waals surface area contributed by atoms with Crippen LogP contribution in [0, 0.1) is 0 Å². The van der Waals surface area contributed by atoms with Crippen LogP contribution in [0.4, 0.5) is 0 Å². The van der Waals surface area contributed by atoms with Gasteiger partial charge in [0.15, 0.2) is 0 Å². The van der Waals surface area contributed by atoms with Crippen molar-refractivity contribution in [1.82, 2.24) is 5.32 Å². The Morgan fingerprint density at radius 1 is 1.36 bits per heavy atom. The lowest BCUT2D eigenvalue weighted by Gasteiger charge is -2.27. The molecule has 1 saturated carbocycles. The van der Waals surface area contributed by atoms with Crippen molar-refractivity contribution < 1.29 is 9.90 Å². The molecule has 0 spiro atoms. The molecule has 0 heterocycles. The molecule has 0 aliphatic heterocycles. The zero-order valence-electron chi connectivity index (χ0n) is 8.92. The summed E-state index contributed by atoms with van der Waals surface area (Å²) in [6, 6.07) is -0.0492. The second kappa shape index (κ2) is 5.15. The average molecular weight is 197 g/mol. The molecule has 80 valence electrons. The molecule has 0 aromatic heterocycles. The Morgan fingerprint density at radius 3 is 2.57 bits per heavy atom. The summed E-state index contributed by atoms with van der Waals surface area (Å²) in [4.78, 5) is 11.4. The average Bonchev–Trinajstić information content (AvgIpc) is 2.07. The van der Waals surface area contributed by atoms with Gasteiger partial charge in [0.25, 0.3) is 0 Å². The lowest BCUT2D eigenvalue weighted by atomic mass is 9.92. The number of rotatable bonds is 2. The summed E-state index contributed by atoms with van der Waals surface area (Å²) in [6.07, 6.45) is 5.07. The Hall–Kier alpha value is -0.830. The maximum absolute atomic E-state index is 11.4. The van der Waals surface area contributed by atoms with Crippen molar-refractivity contribution in [3.8, 4) is 0 Å². The SMILES string of the molecule is CC(C)=CC(=O)N[C@@H]1CCCC[C@H]1O. The largest absolute Gasteiger partial charge is 0.391 e. The maximum atomic E-state index is 11.4. The van der Waals surface area contributed by atoms with E-state index >= 15 is 0 Å². The predicted octanol–water partition coefficient (Wildman–Crippen LogP) is 1.37. The number of hydrogen-bond acceptors (Lipinski definition) is 2. The first-order chi connectivity index (χ1) is 6.59. The van der Waals surface area contributed by atoms with E-state index in [0.29, 0.717) is 0 Å². The highest BCUT2D eigenvalue weighted by atomic mass is 16.3. The van der Waals surface area contributed by atoms with Gasteiger partial charge in [0.05, 0.1) is 12.1 Å². The van der Waals surface area contributed by atoms with Crippen LogP contribution in [0.2, 0.25) is 0 Å². The second-order valence-corrected chi connectivity index (χ2v) is 4.19.